The first-order valence-electron chi connectivity index (χ1n) is 28.9. The van der Waals surface area contributed by atoms with Gasteiger partial charge in [-0.25, -0.2) is 9.13 Å². The first kappa shape index (κ1) is 73.7. The number of carbonyl (C=O) groups excluding carboxylic acids is 3. The van der Waals surface area contributed by atoms with E-state index in [1.54, 1.807) is 0 Å². The van der Waals surface area contributed by atoms with Crippen molar-refractivity contribution in [3.8, 4) is 0 Å². The predicted molar refractivity (Wildman–Crippen MR) is 307 cm³/mol. The number of hydrogen-bond acceptors (Lipinski definition) is 14. The van der Waals surface area contributed by atoms with E-state index in [0.29, 0.717) is 19.3 Å². The Balaban J connectivity index is 4.70. The molecule has 0 saturated carbocycles. The standard InChI is InChI=1S/C59H102O16P2/c1-4-7-10-13-16-19-22-24-26-28-31-33-36-39-42-45-57(62)69-48-54(60)49-71-76(65,66)72-50-55(61)51-73-77(67,68)74-53-56(75-59(64)47-44-41-38-35-30-21-18-15-12-9-6-3)52-70-58(63)46-43-40-37-34-32-29-27-25-23-20-17-14-11-8-5-2/h7-8,10-11,15-20,24-27,54-56,60-61H,4-6,9,12-14,21-23,28-53H2,1-3H3,(H,65,66)(H,67,68)/b10-7-,11-8-,18-15-,19-16-,20-17-,26-24-,27-25-. The number of phosphoric ester groups is 2. The highest BCUT2D eigenvalue weighted by Crippen LogP contribution is 2.45. The summed E-state index contributed by atoms with van der Waals surface area (Å²) in [6, 6.07) is 0. The van der Waals surface area contributed by atoms with Crippen LogP contribution in [0.4, 0.5) is 0 Å². The molecule has 4 N–H and O–H groups in total. The Morgan fingerprint density at radius 2 is 0.688 bits per heavy atom. The summed E-state index contributed by atoms with van der Waals surface area (Å²) in [6.07, 6.45) is 52.4. The van der Waals surface area contributed by atoms with Crippen LogP contribution < -0.4 is 0 Å². The van der Waals surface area contributed by atoms with E-state index in [0.717, 1.165) is 141 Å². The number of rotatable bonds is 54. The highest BCUT2D eigenvalue weighted by molar-refractivity contribution is 7.47. The van der Waals surface area contributed by atoms with Crippen LogP contribution in [-0.4, -0.2) is 95.9 Å². The molecular formula is C59H102O16P2. The van der Waals surface area contributed by atoms with Crippen LogP contribution in [0, 0.1) is 0 Å². The van der Waals surface area contributed by atoms with Crippen molar-refractivity contribution in [1.82, 2.24) is 0 Å². The Morgan fingerprint density at radius 3 is 1.10 bits per heavy atom. The number of carbonyl (C=O) groups is 3. The maximum absolute atomic E-state index is 12.8. The summed E-state index contributed by atoms with van der Waals surface area (Å²) in [4.78, 5) is 57.9. The lowest BCUT2D eigenvalue weighted by molar-refractivity contribution is -0.161. The third-order valence-electron chi connectivity index (χ3n) is 11.6. The van der Waals surface area contributed by atoms with Crippen molar-refractivity contribution in [2.45, 2.75) is 232 Å². The molecule has 0 aromatic rings. The molecule has 0 fully saturated rings. The second-order valence-electron chi connectivity index (χ2n) is 19.0. The molecule has 5 atom stereocenters. The molecule has 0 heterocycles. The van der Waals surface area contributed by atoms with Gasteiger partial charge in [-0.15, -0.1) is 0 Å². The van der Waals surface area contributed by atoms with Crippen molar-refractivity contribution in [3.05, 3.63) is 85.1 Å². The first-order valence-corrected chi connectivity index (χ1v) is 31.9. The van der Waals surface area contributed by atoms with Crippen molar-refractivity contribution < 1.29 is 75.8 Å². The SMILES string of the molecule is CC/C=C\C/C=C\C/C=C\CCCCCCCC(=O)OCC(O)COP(=O)(O)OCC(O)COP(=O)(O)OCC(COC(=O)CCCCCCC/C=C\C/C=C\C/C=C\CC)OC(=O)CCCCCCC/C=C\CCCC. The van der Waals surface area contributed by atoms with E-state index in [-0.39, 0.29) is 19.3 Å². The van der Waals surface area contributed by atoms with Crippen molar-refractivity contribution in [2.75, 3.05) is 39.6 Å². The van der Waals surface area contributed by atoms with Crippen LogP contribution in [-0.2, 0) is 55.8 Å². The summed E-state index contributed by atoms with van der Waals surface area (Å²) >= 11 is 0. The Bertz CT molecular complexity index is 1760. The molecule has 0 amide bonds. The number of hydrogen-bond donors (Lipinski definition) is 4. The van der Waals surface area contributed by atoms with E-state index >= 15 is 0 Å². The molecule has 5 unspecified atom stereocenters. The highest BCUT2D eigenvalue weighted by atomic mass is 31.2. The fourth-order valence-electron chi connectivity index (χ4n) is 7.17. The summed E-state index contributed by atoms with van der Waals surface area (Å²) < 4.78 is 60.5. The molecule has 0 bridgehead atoms. The van der Waals surface area contributed by atoms with E-state index in [9.17, 15) is 43.5 Å². The predicted octanol–water partition coefficient (Wildman–Crippen LogP) is 14.6. The van der Waals surface area contributed by atoms with Gasteiger partial charge in [0.05, 0.1) is 26.4 Å². The monoisotopic (exact) mass is 1130 g/mol. The van der Waals surface area contributed by atoms with E-state index in [2.05, 4.69) is 106 Å². The van der Waals surface area contributed by atoms with Crippen LogP contribution >= 0.6 is 15.6 Å². The number of phosphoric acid groups is 2. The molecule has 0 saturated heterocycles. The van der Waals surface area contributed by atoms with Gasteiger partial charge in [0.25, 0.3) is 0 Å². The van der Waals surface area contributed by atoms with Crippen molar-refractivity contribution in [3.63, 3.8) is 0 Å². The summed E-state index contributed by atoms with van der Waals surface area (Å²) in [5.74, 6) is -1.63. The Kier molecular flexibility index (Phi) is 51.1. The van der Waals surface area contributed by atoms with Crippen LogP contribution in [0.1, 0.15) is 213 Å². The summed E-state index contributed by atoms with van der Waals surface area (Å²) in [5, 5.41) is 20.4. The normalized spacial score (nSPS) is 15.2. The van der Waals surface area contributed by atoms with Gasteiger partial charge in [-0.2, -0.15) is 0 Å². The third kappa shape index (κ3) is 54.5. The van der Waals surface area contributed by atoms with Crippen LogP contribution in [0.25, 0.3) is 0 Å². The fraction of sp³-hybridized carbons (Fsp3) is 0.712. The Hall–Kier alpha value is -3.27. The zero-order valence-electron chi connectivity index (χ0n) is 47.4. The van der Waals surface area contributed by atoms with Gasteiger partial charge in [-0.05, 0) is 103 Å². The average Bonchev–Trinajstić information content (AvgIpc) is 3.40. The van der Waals surface area contributed by atoms with Crippen molar-refractivity contribution >= 4 is 33.6 Å². The topological polar surface area (TPSA) is 231 Å². The number of ether oxygens (including phenoxy) is 3. The lowest BCUT2D eigenvalue weighted by Crippen LogP contribution is -2.30. The number of esters is 3. The maximum Gasteiger partial charge on any atom is 0.472 e. The Labute approximate surface area is 464 Å². The van der Waals surface area contributed by atoms with E-state index in [1.165, 1.54) is 12.8 Å². The minimum atomic E-state index is -4.92. The highest BCUT2D eigenvalue weighted by Gasteiger charge is 2.29. The molecule has 0 radical (unpaired) electrons. The number of allylic oxidation sites excluding steroid dienone is 14. The molecule has 0 aromatic carbocycles. The Morgan fingerprint density at radius 1 is 0.377 bits per heavy atom. The molecule has 18 heteroatoms. The molecule has 77 heavy (non-hydrogen) atoms. The smallest absolute Gasteiger partial charge is 0.463 e. The van der Waals surface area contributed by atoms with Crippen LogP contribution in [0.5, 0.6) is 0 Å². The quantitative estimate of drug-likeness (QED) is 0.0146. The third-order valence-corrected chi connectivity index (χ3v) is 13.5. The van der Waals surface area contributed by atoms with Crippen LogP contribution in [0.2, 0.25) is 0 Å². The fourth-order valence-corrected chi connectivity index (χ4v) is 8.75. The van der Waals surface area contributed by atoms with E-state index in [1.807, 2.05) is 0 Å². The molecule has 0 aliphatic rings. The van der Waals surface area contributed by atoms with E-state index < -0.39 is 91.5 Å². The van der Waals surface area contributed by atoms with Crippen molar-refractivity contribution in [1.29, 1.82) is 0 Å². The van der Waals surface area contributed by atoms with Gasteiger partial charge in [0, 0.05) is 19.3 Å². The second kappa shape index (κ2) is 53.4. The van der Waals surface area contributed by atoms with Gasteiger partial charge >= 0.3 is 33.6 Å². The molecular weight excluding hydrogens is 1030 g/mol. The second-order valence-corrected chi connectivity index (χ2v) is 21.9. The maximum atomic E-state index is 12.8. The molecule has 0 aliphatic carbocycles. The van der Waals surface area contributed by atoms with Gasteiger partial charge in [0.15, 0.2) is 6.10 Å². The first-order chi connectivity index (χ1) is 37.2. The minimum Gasteiger partial charge on any atom is -0.463 e. The number of aliphatic hydroxyl groups excluding tert-OH is 2. The molecule has 444 valence electrons. The van der Waals surface area contributed by atoms with Gasteiger partial charge in [0.2, 0.25) is 0 Å². The molecule has 16 nitrogen and oxygen atoms in total. The molecule has 0 aliphatic heterocycles. The van der Waals surface area contributed by atoms with Crippen LogP contribution in [0.3, 0.4) is 0 Å². The van der Waals surface area contributed by atoms with Gasteiger partial charge in [-0.1, -0.05) is 176 Å². The molecule has 0 aromatic heterocycles. The lowest BCUT2D eigenvalue weighted by Gasteiger charge is -2.21. The van der Waals surface area contributed by atoms with Crippen molar-refractivity contribution in [2.24, 2.45) is 0 Å². The molecule has 0 rings (SSSR count). The van der Waals surface area contributed by atoms with E-state index in [4.69, 9.17) is 32.3 Å². The number of unbranched alkanes of at least 4 members (excludes halogenated alkanes) is 17. The lowest BCUT2D eigenvalue weighted by atomic mass is 10.1. The summed E-state index contributed by atoms with van der Waals surface area (Å²) in [6.45, 7) is 2.31. The van der Waals surface area contributed by atoms with Gasteiger partial charge in [-0.3, -0.25) is 32.5 Å². The summed E-state index contributed by atoms with van der Waals surface area (Å²) in [5.41, 5.74) is 0. The average molecular weight is 1130 g/mol. The minimum absolute atomic E-state index is 0.0890. The molecule has 0 spiro atoms. The zero-order chi connectivity index (χ0) is 56.8. The van der Waals surface area contributed by atoms with Gasteiger partial charge < -0.3 is 34.2 Å². The summed E-state index contributed by atoms with van der Waals surface area (Å²) in [7, 11) is -9.76. The largest absolute Gasteiger partial charge is 0.472 e. The van der Waals surface area contributed by atoms with Gasteiger partial charge in [0.1, 0.15) is 25.4 Å². The zero-order valence-corrected chi connectivity index (χ0v) is 49.1. The number of aliphatic hydroxyl groups is 2. The van der Waals surface area contributed by atoms with Crippen LogP contribution in [0.15, 0.2) is 85.1 Å².